The van der Waals surface area contributed by atoms with Gasteiger partial charge in [0.1, 0.15) is 4.90 Å². The molecule has 0 saturated carbocycles. The zero-order valence-electron chi connectivity index (χ0n) is 10.8. The van der Waals surface area contributed by atoms with Crippen molar-refractivity contribution < 1.29 is 8.42 Å². The maximum Gasteiger partial charge on any atom is 0.243 e. The summed E-state index contributed by atoms with van der Waals surface area (Å²) in [6.45, 7) is 0.364. The van der Waals surface area contributed by atoms with Crippen LogP contribution in [0, 0.1) is 0 Å². The zero-order valence-corrected chi connectivity index (χ0v) is 12.4. The van der Waals surface area contributed by atoms with E-state index in [9.17, 15) is 8.42 Å². The van der Waals surface area contributed by atoms with Crippen LogP contribution >= 0.6 is 11.6 Å². The van der Waals surface area contributed by atoms with Gasteiger partial charge in [0.15, 0.2) is 0 Å². The molecule has 0 unspecified atom stereocenters. The standard InChI is InChI=1S/C14H15ClN2O2S/c15-13-8-10-16-11-14(13)20(18,19)17-9-4-7-12-5-2-1-3-6-12/h1-3,5-6,8,10-11,17H,4,7,9H2. The van der Waals surface area contributed by atoms with E-state index in [0.717, 1.165) is 12.8 Å². The van der Waals surface area contributed by atoms with Crippen LogP contribution in [0.3, 0.4) is 0 Å². The van der Waals surface area contributed by atoms with Gasteiger partial charge in [-0.05, 0) is 24.5 Å². The Morgan fingerprint density at radius 3 is 2.60 bits per heavy atom. The largest absolute Gasteiger partial charge is 0.263 e. The van der Waals surface area contributed by atoms with Crippen molar-refractivity contribution in [3.63, 3.8) is 0 Å². The molecule has 0 atom stereocenters. The third-order valence-electron chi connectivity index (χ3n) is 2.80. The van der Waals surface area contributed by atoms with Crippen LogP contribution in [0.5, 0.6) is 0 Å². The topological polar surface area (TPSA) is 59.1 Å². The van der Waals surface area contributed by atoms with E-state index in [-0.39, 0.29) is 9.92 Å². The summed E-state index contributed by atoms with van der Waals surface area (Å²) in [5, 5.41) is 0.176. The first-order valence-electron chi connectivity index (χ1n) is 6.23. The number of nitrogens with zero attached hydrogens (tertiary/aromatic N) is 1. The molecule has 0 fully saturated rings. The van der Waals surface area contributed by atoms with E-state index in [2.05, 4.69) is 9.71 Å². The minimum absolute atomic E-state index is 0.0152. The van der Waals surface area contributed by atoms with Crippen LogP contribution in [0.25, 0.3) is 0 Å². The van der Waals surface area contributed by atoms with Gasteiger partial charge >= 0.3 is 0 Å². The van der Waals surface area contributed by atoms with Crippen molar-refractivity contribution in [2.24, 2.45) is 0 Å². The molecule has 1 N–H and O–H groups in total. The highest BCUT2D eigenvalue weighted by atomic mass is 35.5. The summed E-state index contributed by atoms with van der Waals surface area (Å²) < 4.78 is 26.6. The van der Waals surface area contributed by atoms with Gasteiger partial charge in [0.05, 0.1) is 5.02 Å². The van der Waals surface area contributed by atoms with Crippen molar-refractivity contribution in [3.8, 4) is 0 Å². The van der Waals surface area contributed by atoms with Crippen molar-refractivity contribution in [2.45, 2.75) is 17.7 Å². The Hall–Kier alpha value is -1.43. The van der Waals surface area contributed by atoms with E-state index in [1.807, 2.05) is 30.3 Å². The summed E-state index contributed by atoms with van der Waals surface area (Å²) in [5.41, 5.74) is 1.19. The summed E-state index contributed by atoms with van der Waals surface area (Å²) >= 11 is 5.86. The lowest BCUT2D eigenvalue weighted by atomic mass is 10.1. The predicted molar refractivity (Wildman–Crippen MR) is 79.2 cm³/mol. The monoisotopic (exact) mass is 310 g/mol. The molecule has 0 saturated heterocycles. The molecule has 0 bridgehead atoms. The highest BCUT2D eigenvalue weighted by molar-refractivity contribution is 7.89. The second-order valence-electron chi connectivity index (χ2n) is 4.29. The predicted octanol–water partition coefficient (Wildman–Crippen LogP) is 2.65. The van der Waals surface area contributed by atoms with Gasteiger partial charge in [-0.2, -0.15) is 0 Å². The van der Waals surface area contributed by atoms with Crippen molar-refractivity contribution in [2.75, 3.05) is 6.54 Å². The second kappa shape index (κ2) is 6.83. The van der Waals surface area contributed by atoms with Gasteiger partial charge in [0.2, 0.25) is 10.0 Å². The Kier molecular flexibility index (Phi) is 5.11. The number of nitrogens with one attached hydrogen (secondary N) is 1. The van der Waals surface area contributed by atoms with E-state index < -0.39 is 10.0 Å². The molecule has 0 aliphatic carbocycles. The molecule has 4 nitrogen and oxygen atoms in total. The van der Waals surface area contributed by atoms with Crippen molar-refractivity contribution in [1.29, 1.82) is 0 Å². The first-order valence-corrected chi connectivity index (χ1v) is 8.09. The molecule has 0 aliphatic heterocycles. The van der Waals surface area contributed by atoms with E-state index >= 15 is 0 Å². The Morgan fingerprint density at radius 1 is 1.15 bits per heavy atom. The number of pyridine rings is 1. The number of aryl methyl sites for hydroxylation is 1. The van der Waals surface area contributed by atoms with Crippen LogP contribution in [-0.4, -0.2) is 19.9 Å². The average Bonchev–Trinajstić information content (AvgIpc) is 2.45. The fourth-order valence-electron chi connectivity index (χ4n) is 1.78. The third-order valence-corrected chi connectivity index (χ3v) is 4.73. The maximum atomic E-state index is 12.0. The quantitative estimate of drug-likeness (QED) is 0.834. The number of rotatable bonds is 6. The molecule has 2 rings (SSSR count). The molecule has 1 aromatic carbocycles. The number of aromatic nitrogens is 1. The smallest absolute Gasteiger partial charge is 0.243 e. The Bertz CT molecular complexity index is 660. The van der Waals surface area contributed by atoms with E-state index in [4.69, 9.17) is 11.6 Å². The Labute approximate surface area is 123 Å². The molecule has 0 radical (unpaired) electrons. The van der Waals surface area contributed by atoms with Crippen molar-refractivity contribution in [3.05, 3.63) is 59.4 Å². The third kappa shape index (κ3) is 4.03. The van der Waals surface area contributed by atoms with Gasteiger partial charge in [-0.25, -0.2) is 13.1 Å². The summed E-state index contributed by atoms with van der Waals surface area (Å²) in [6.07, 6.45) is 4.25. The number of sulfonamides is 1. The van der Waals surface area contributed by atoms with Gasteiger partial charge < -0.3 is 0 Å². The zero-order chi connectivity index (χ0) is 14.4. The summed E-state index contributed by atoms with van der Waals surface area (Å²) in [7, 11) is -3.59. The Morgan fingerprint density at radius 2 is 1.90 bits per heavy atom. The highest BCUT2D eigenvalue weighted by Crippen LogP contribution is 2.18. The van der Waals surface area contributed by atoms with Crippen LogP contribution in [0.1, 0.15) is 12.0 Å². The normalized spacial score (nSPS) is 11.4. The molecule has 1 heterocycles. The molecular weight excluding hydrogens is 296 g/mol. The summed E-state index contributed by atoms with van der Waals surface area (Å²) in [5.74, 6) is 0. The van der Waals surface area contributed by atoms with Gasteiger partial charge in [-0.1, -0.05) is 41.9 Å². The minimum atomic E-state index is -3.59. The van der Waals surface area contributed by atoms with Gasteiger partial charge in [-0.3, -0.25) is 4.98 Å². The van der Waals surface area contributed by atoms with Gasteiger partial charge in [-0.15, -0.1) is 0 Å². The molecule has 20 heavy (non-hydrogen) atoms. The fourth-order valence-corrected chi connectivity index (χ4v) is 3.29. The molecule has 2 aromatic rings. The average molecular weight is 311 g/mol. The highest BCUT2D eigenvalue weighted by Gasteiger charge is 2.16. The molecule has 106 valence electrons. The molecule has 0 spiro atoms. The van der Waals surface area contributed by atoms with E-state index in [1.165, 1.54) is 24.0 Å². The number of hydrogen-bond acceptors (Lipinski definition) is 3. The van der Waals surface area contributed by atoms with Gasteiger partial charge in [0.25, 0.3) is 0 Å². The van der Waals surface area contributed by atoms with Crippen LogP contribution in [0.2, 0.25) is 5.02 Å². The SMILES string of the molecule is O=S(=O)(NCCCc1ccccc1)c1cnccc1Cl. The lowest BCUT2D eigenvalue weighted by Gasteiger charge is -2.07. The molecule has 0 aliphatic rings. The van der Waals surface area contributed by atoms with Crippen LogP contribution in [0.15, 0.2) is 53.7 Å². The van der Waals surface area contributed by atoms with Gasteiger partial charge in [0, 0.05) is 18.9 Å². The molecular formula is C14H15ClN2O2S. The number of hydrogen-bond donors (Lipinski definition) is 1. The molecule has 0 amide bonds. The van der Waals surface area contributed by atoms with Crippen molar-refractivity contribution in [1.82, 2.24) is 9.71 Å². The van der Waals surface area contributed by atoms with Crippen molar-refractivity contribution >= 4 is 21.6 Å². The lowest BCUT2D eigenvalue weighted by molar-refractivity contribution is 0.578. The van der Waals surface area contributed by atoms with Crippen LogP contribution in [0.4, 0.5) is 0 Å². The number of benzene rings is 1. The first kappa shape index (κ1) is 15.0. The second-order valence-corrected chi connectivity index (χ2v) is 6.44. The minimum Gasteiger partial charge on any atom is -0.263 e. The molecule has 6 heteroatoms. The Balaban J connectivity index is 1.89. The maximum absolute atomic E-state index is 12.0. The summed E-state index contributed by atoms with van der Waals surface area (Å²) in [4.78, 5) is 3.80. The van der Waals surface area contributed by atoms with Crippen LogP contribution in [-0.2, 0) is 16.4 Å². The summed E-state index contributed by atoms with van der Waals surface area (Å²) in [6, 6.07) is 11.4. The fraction of sp³-hybridized carbons (Fsp3) is 0.214. The van der Waals surface area contributed by atoms with Crippen LogP contribution < -0.4 is 4.72 Å². The number of halogens is 1. The first-order chi connectivity index (χ1) is 9.59. The van der Waals surface area contributed by atoms with E-state index in [0.29, 0.717) is 6.54 Å². The lowest BCUT2D eigenvalue weighted by Crippen LogP contribution is -2.25. The van der Waals surface area contributed by atoms with E-state index in [1.54, 1.807) is 0 Å². The molecule has 1 aromatic heterocycles.